The van der Waals surface area contributed by atoms with E-state index in [-0.39, 0.29) is 18.4 Å². The molecule has 1 fully saturated rings. The first-order chi connectivity index (χ1) is 11.1. The molecule has 0 radical (unpaired) electrons. The molecule has 126 valence electrons. The second kappa shape index (κ2) is 8.80. The topological polar surface area (TPSA) is 64.6 Å². The van der Waals surface area contributed by atoms with Crippen molar-refractivity contribution in [3.05, 3.63) is 24.3 Å². The Bertz CT molecular complexity index is 655. The summed E-state index contributed by atoms with van der Waals surface area (Å²) in [5.74, 6) is 6.85. The van der Waals surface area contributed by atoms with Gasteiger partial charge >= 0.3 is 0 Å². The maximum atomic E-state index is 12.1. The molecule has 0 spiro atoms. The summed E-state index contributed by atoms with van der Waals surface area (Å²) in [7, 11) is -1.67. The maximum Gasteiger partial charge on any atom is 0.215 e. The minimum Gasteiger partial charge on any atom is -0.493 e. The average Bonchev–Trinajstić information content (AvgIpc) is 2.59. The summed E-state index contributed by atoms with van der Waals surface area (Å²) in [6, 6.07) is 7.31. The molecule has 0 atom stereocenters. The largest absolute Gasteiger partial charge is 0.493 e. The maximum absolute atomic E-state index is 12.1. The minimum absolute atomic E-state index is 0.119. The lowest BCUT2D eigenvalue weighted by atomic mass is 10.0. The van der Waals surface area contributed by atoms with Crippen LogP contribution in [-0.2, 0) is 10.0 Å². The molecule has 0 unspecified atom stereocenters. The minimum atomic E-state index is -3.25. The summed E-state index contributed by atoms with van der Waals surface area (Å²) in [5.41, 5.74) is 0. The van der Waals surface area contributed by atoms with Crippen LogP contribution >= 0.6 is 0 Å². The third kappa shape index (κ3) is 5.45. The van der Waals surface area contributed by atoms with E-state index in [0.717, 1.165) is 32.1 Å². The predicted molar refractivity (Wildman–Crippen MR) is 90.1 cm³/mol. The fraction of sp³-hybridized carbons (Fsp3) is 0.529. The van der Waals surface area contributed by atoms with E-state index in [1.165, 1.54) is 0 Å². The zero-order chi connectivity index (χ0) is 16.5. The van der Waals surface area contributed by atoms with Crippen LogP contribution in [0.25, 0.3) is 0 Å². The molecule has 2 rings (SSSR count). The fourth-order valence-corrected chi connectivity index (χ4v) is 4.06. The highest BCUT2D eigenvalue weighted by Gasteiger charge is 2.26. The zero-order valence-corrected chi connectivity index (χ0v) is 14.2. The van der Waals surface area contributed by atoms with Gasteiger partial charge in [-0.3, -0.25) is 0 Å². The summed E-state index contributed by atoms with van der Waals surface area (Å²) in [6.07, 6.45) is 4.61. The second-order valence-corrected chi connectivity index (χ2v) is 7.46. The number of nitrogens with one attached hydrogen (secondary N) is 1. The van der Waals surface area contributed by atoms with Crippen LogP contribution in [0.1, 0.15) is 32.1 Å². The Kier molecular flexibility index (Phi) is 6.75. The van der Waals surface area contributed by atoms with Gasteiger partial charge in [-0.25, -0.2) is 13.1 Å². The SMILES string of the molecule is COc1ccccc1OCC#CCNS(=O)(=O)C1CCCCC1. The normalized spacial score (nSPS) is 15.5. The lowest BCUT2D eigenvalue weighted by Gasteiger charge is -2.21. The Morgan fingerprint density at radius 1 is 1.13 bits per heavy atom. The van der Waals surface area contributed by atoms with E-state index in [9.17, 15) is 8.42 Å². The van der Waals surface area contributed by atoms with Crippen molar-refractivity contribution < 1.29 is 17.9 Å². The molecule has 0 aliphatic heterocycles. The van der Waals surface area contributed by atoms with Crippen LogP contribution in [0.3, 0.4) is 0 Å². The van der Waals surface area contributed by atoms with E-state index in [0.29, 0.717) is 11.5 Å². The lowest BCUT2D eigenvalue weighted by Crippen LogP contribution is -2.35. The van der Waals surface area contributed by atoms with Gasteiger partial charge in [0.2, 0.25) is 10.0 Å². The van der Waals surface area contributed by atoms with E-state index in [2.05, 4.69) is 16.6 Å². The number of para-hydroxylation sites is 2. The number of methoxy groups -OCH3 is 1. The summed E-state index contributed by atoms with van der Waals surface area (Å²) >= 11 is 0. The van der Waals surface area contributed by atoms with E-state index in [1.807, 2.05) is 12.1 Å². The van der Waals surface area contributed by atoms with E-state index < -0.39 is 10.0 Å². The summed E-state index contributed by atoms with van der Waals surface area (Å²) < 4.78 is 37.4. The zero-order valence-electron chi connectivity index (χ0n) is 13.4. The third-order valence-corrected chi connectivity index (χ3v) is 5.74. The van der Waals surface area contributed by atoms with E-state index in [4.69, 9.17) is 9.47 Å². The van der Waals surface area contributed by atoms with Crippen molar-refractivity contribution in [2.45, 2.75) is 37.4 Å². The van der Waals surface area contributed by atoms with Gasteiger partial charge in [0.05, 0.1) is 18.9 Å². The van der Waals surface area contributed by atoms with Gasteiger partial charge < -0.3 is 9.47 Å². The van der Waals surface area contributed by atoms with Crippen molar-refractivity contribution in [2.24, 2.45) is 0 Å². The van der Waals surface area contributed by atoms with Crippen LogP contribution in [0.4, 0.5) is 0 Å². The van der Waals surface area contributed by atoms with Gasteiger partial charge in [-0.15, -0.1) is 0 Å². The van der Waals surface area contributed by atoms with Gasteiger partial charge in [0, 0.05) is 0 Å². The standard InChI is InChI=1S/C17H23NO4S/c1-21-16-11-5-6-12-17(16)22-14-8-7-13-18-23(19,20)15-9-3-2-4-10-15/h5-6,11-12,15,18H,2-4,9-10,13-14H2,1H3. The molecule has 0 aromatic heterocycles. The molecule has 0 saturated heterocycles. The van der Waals surface area contributed by atoms with Gasteiger partial charge in [-0.2, -0.15) is 0 Å². The molecule has 1 aliphatic carbocycles. The number of rotatable bonds is 6. The molecule has 0 amide bonds. The van der Waals surface area contributed by atoms with Crippen LogP contribution < -0.4 is 14.2 Å². The number of sulfonamides is 1. The van der Waals surface area contributed by atoms with Crippen molar-refractivity contribution in [3.63, 3.8) is 0 Å². The fourth-order valence-electron chi connectivity index (χ4n) is 2.60. The molecule has 1 aliphatic rings. The molecular weight excluding hydrogens is 314 g/mol. The Morgan fingerprint density at radius 3 is 2.52 bits per heavy atom. The van der Waals surface area contributed by atoms with Crippen LogP contribution in [0.15, 0.2) is 24.3 Å². The lowest BCUT2D eigenvalue weighted by molar-refractivity contribution is 0.331. The average molecular weight is 337 g/mol. The third-order valence-electron chi connectivity index (χ3n) is 3.85. The summed E-state index contributed by atoms with van der Waals surface area (Å²) in [5, 5.41) is -0.261. The van der Waals surface area contributed by atoms with Crippen LogP contribution in [0, 0.1) is 11.8 Å². The summed E-state index contributed by atoms with van der Waals surface area (Å²) in [6.45, 7) is 0.305. The molecular formula is C17H23NO4S. The molecule has 6 heteroatoms. The second-order valence-electron chi connectivity index (χ2n) is 5.42. The monoisotopic (exact) mass is 337 g/mol. The van der Waals surface area contributed by atoms with Crippen molar-refractivity contribution in [2.75, 3.05) is 20.3 Å². The van der Waals surface area contributed by atoms with Crippen LogP contribution in [-0.4, -0.2) is 33.9 Å². The Balaban J connectivity index is 1.75. The highest BCUT2D eigenvalue weighted by Crippen LogP contribution is 2.25. The number of benzene rings is 1. The highest BCUT2D eigenvalue weighted by atomic mass is 32.2. The smallest absolute Gasteiger partial charge is 0.215 e. The van der Waals surface area contributed by atoms with Gasteiger partial charge in [-0.05, 0) is 25.0 Å². The van der Waals surface area contributed by atoms with Crippen molar-refractivity contribution >= 4 is 10.0 Å². The first kappa shape index (κ1) is 17.6. The molecule has 1 aromatic rings. The van der Waals surface area contributed by atoms with E-state index >= 15 is 0 Å². The molecule has 23 heavy (non-hydrogen) atoms. The van der Waals surface area contributed by atoms with Crippen LogP contribution in [0.2, 0.25) is 0 Å². The van der Waals surface area contributed by atoms with Gasteiger partial charge in [0.15, 0.2) is 11.5 Å². The Hall–Kier alpha value is -1.71. The van der Waals surface area contributed by atoms with Crippen LogP contribution in [0.5, 0.6) is 11.5 Å². The molecule has 1 saturated carbocycles. The van der Waals surface area contributed by atoms with Gasteiger partial charge in [0.1, 0.15) is 6.61 Å². The highest BCUT2D eigenvalue weighted by molar-refractivity contribution is 7.90. The van der Waals surface area contributed by atoms with Crippen molar-refractivity contribution in [1.82, 2.24) is 4.72 Å². The first-order valence-corrected chi connectivity index (χ1v) is 9.38. The Labute approximate surface area is 138 Å². The van der Waals surface area contributed by atoms with Gasteiger partial charge in [0.25, 0.3) is 0 Å². The van der Waals surface area contributed by atoms with Gasteiger partial charge in [-0.1, -0.05) is 43.2 Å². The predicted octanol–water partition coefficient (Wildman–Crippen LogP) is 2.33. The van der Waals surface area contributed by atoms with Crippen molar-refractivity contribution in [3.8, 4) is 23.3 Å². The first-order valence-electron chi connectivity index (χ1n) is 7.83. The molecule has 1 N–H and O–H groups in total. The molecule has 0 bridgehead atoms. The quantitative estimate of drug-likeness (QED) is 0.809. The van der Waals surface area contributed by atoms with E-state index in [1.54, 1.807) is 19.2 Å². The summed E-state index contributed by atoms with van der Waals surface area (Å²) in [4.78, 5) is 0. The number of hydrogen-bond donors (Lipinski definition) is 1. The number of ether oxygens (including phenoxy) is 2. The molecule has 5 nitrogen and oxygen atoms in total. The molecule has 1 aromatic carbocycles. The Morgan fingerprint density at radius 2 is 1.83 bits per heavy atom. The molecule has 0 heterocycles. The van der Waals surface area contributed by atoms with Crippen molar-refractivity contribution in [1.29, 1.82) is 0 Å². The number of hydrogen-bond acceptors (Lipinski definition) is 4.